The van der Waals surface area contributed by atoms with E-state index >= 15 is 0 Å². The second kappa shape index (κ2) is 4.97. The van der Waals surface area contributed by atoms with E-state index in [1.807, 2.05) is 31.3 Å². The molecule has 0 saturated carbocycles. The van der Waals surface area contributed by atoms with E-state index in [4.69, 9.17) is 5.11 Å². The van der Waals surface area contributed by atoms with Crippen molar-refractivity contribution in [3.63, 3.8) is 0 Å². The van der Waals surface area contributed by atoms with Gasteiger partial charge in [0.1, 0.15) is 0 Å². The number of nitrogens with one attached hydrogen (secondary N) is 1. The summed E-state index contributed by atoms with van der Waals surface area (Å²) in [7, 11) is 0. The molecule has 0 atom stereocenters. The summed E-state index contributed by atoms with van der Waals surface area (Å²) in [6, 6.07) is 5.89. The van der Waals surface area contributed by atoms with Gasteiger partial charge in [0.2, 0.25) is 0 Å². The van der Waals surface area contributed by atoms with Crippen LogP contribution in [0.5, 0.6) is 0 Å². The first-order valence-electron chi connectivity index (χ1n) is 5.13. The van der Waals surface area contributed by atoms with Gasteiger partial charge in [-0.15, -0.1) is 11.3 Å². The maximum Gasteiger partial charge on any atom is 0.404 e. The molecule has 0 aliphatic heterocycles. The molecule has 2 N–H and O–H groups in total. The standard InChI is InChI=1S/C12H12N2O2S/c1-8-4-5-13-7-10(8)11-3-2-9(17-11)6-14-12(15)16/h2-5,7,14H,6H2,1H3,(H,15,16). The number of aromatic nitrogens is 1. The number of hydrogen-bond donors (Lipinski definition) is 2. The normalized spacial score (nSPS) is 10.2. The van der Waals surface area contributed by atoms with Gasteiger partial charge >= 0.3 is 6.09 Å². The number of nitrogens with zero attached hydrogens (tertiary/aromatic N) is 1. The first-order valence-corrected chi connectivity index (χ1v) is 5.95. The molecule has 0 bridgehead atoms. The molecule has 0 radical (unpaired) electrons. The third kappa shape index (κ3) is 2.82. The highest BCUT2D eigenvalue weighted by atomic mass is 32.1. The molecule has 88 valence electrons. The third-order valence-corrected chi connectivity index (χ3v) is 3.50. The minimum Gasteiger partial charge on any atom is -0.465 e. The van der Waals surface area contributed by atoms with Crippen molar-refractivity contribution in [3.05, 3.63) is 41.0 Å². The molecule has 0 aromatic carbocycles. The molecule has 2 rings (SSSR count). The third-order valence-electron chi connectivity index (χ3n) is 2.38. The van der Waals surface area contributed by atoms with Crippen molar-refractivity contribution < 1.29 is 9.90 Å². The summed E-state index contributed by atoms with van der Waals surface area (Å²) in [6.45, 7) is 2.38. The molecule has 2 aromatic rings. The van der Waals surface area contributed by atoms with Crippen LogP contribution < -0.4 is 5.32 Å². The summed E-state index contributed by atoms with van der Waals surface area (Å²) in [5.74, 6) is 0. The van der Waals surface area contributed by atoms with Gasteiger partial charge in [-0.25, -0.2) is 4.79 Å². The van der Waals surface area contributed by atoms with E-state index in [9.17, 15) is 4.79 Å². The van der Waals surface area contributed by atoms with Gasteiger partial charge in [0.15, 0.2) is 0 Å². The van der Waals surface area contributed by atoms with Crippen molar-refractivity contribution in [2.24, 2.45) is 0 Å². The minimum atomic E-state index is -1.00. The number of hydrogen-bond acceptors (Lipinski definition) is 3. The van der Waals surface area contributed by atoms with E-state index in [-0.39, 0.29) is 0 Å². The van der Waals surface area contributed by atoms with Gasteiger partial charge < -0.3 is 10.4 Å². The molecule has 0 aliphatic rings. The SMILES string of the molecule is Cc1ccncc1-c1ccc(CNC(=O)O)s1. The van der Waals surface area contributed by atoms with E-state index < -0.39 is 6.09 Å². The number of aryl methyl sites for hydroxylation is 1. The first kappa shape index (κ1) is 11.6. The Morgan fingerprint density at radius 3 is 3.00 bits per heavy atom. The zero-order valence-corrected chi connectivity index (χ0v) is 10.1. The molecule has 0 saturated heterocycles. The molecule has 1 amide bonds. The Kier molecular flexibility index (Phi) is 3.39. The van der Waals surface area contributed by atoms with Crippen LogP contribution in [0.1, 0.15) is 10.4 Å². The molecule has 0 spiro atoms. The van der Waals surface area contributed by atoms with E-state index in [1.165, 1.54) is 5.56 Å². The number of pyridine rings is 1. The minimum absolute atomic E-state index is 0.347. The van der Waals surface area contributed by atoms with Crippen LogP contribution in [0.4, 0.5) is 4.79 Å². The fourth-order valence-electron chi connectivity index (χ4n) is 1.50. The number of thiophene rings is 1. The van der Waals surface area contributed by atoms with E-state index in [0.29, 0.717) is 6.54 Å². The maximum absolute atomic E-state index is 10.4. The largest absolute Gasteiger partial charge is 0.465 e. The molecular weight excluding hydrogens is 236 g/mol. The summed E-state index contributed by atoms with van der Waals surface area (Å²) in [5.41, 5.74) is 2.26. The van der Waals surface area contributed by atoms with Crippen LogP contribution in [-0.2, 0) is 6.54 Å². The van der Waals surface area contributed by atoms with E-state index in [2.05, 4.69) is 10.3 Å². The van der Waals surface area contributed by atoms with Gasteiger partial charge in [-0.1, -0.05) is 0 Å². The van der Waals surface area contributed by atoms with Crippen LogP contribution >= 0.6 is 11.3 Å². The Bertz CT molecular complexity index is 537. The van der Waals surface area contributed by atoms with Crippen molar-refractivity contribution in [2.75, 3.05) is 0 Å². The zero-order chi connectivity index (χ0) is 12.3. The summed E-state index contributed by atoms with van der Waals surface area (Å²) < 4.78 is 0. The molecule has 2 heterocycles. The van der Waals surface area contributed by atoms with Gasteiger partial charge in [0, 0.05) is 27.7 Å². The number of carbonyl (C=O) groups is 1. The highest BCUT2D eigenvalue weighted by Gasteiger charge is 2.06. The predicted octanol–water partition coefficient (Wildman–Crippen LogP) is 2.89. The average molecular weight is 248 g/mol. The lowest BCUT2D eigenvalue weighted by Gasteiger charge is -2.01. The van der Waals surface area contributed by atoms with Crippen LogP contribution in [0.15, 0.2) is 30.6 Å². The van der Waals surface area contributed by atoms with Gasteiger partial charge in [-0.2, -0.15) is 0 Å². The van der Waals surface area contributed by atoms with Gasteiger partial charge in [-0.05, 0) is 30.7 Å². The van der Waals surface area contributed by atoms with Crippen molar-refractivity contribution >= 4 is 17.4 Å². The maximum atomic E-state index is 10.4. The summed E-state index contributed by atoms with van der Waals surface area (Å²) in [4.78, 5) is 16.6. The Morgan fingerprint density at radius 1 is 1.47 bits per heavy atom. The molecule has 17 heavy (non-hydrogen) atoms. The molecule has 2 aromatic heterocycles. The lowest BCUT2D eigenvalue weighted by atomic mass is 10.1. The van der Waals surface area contributed by atoms with Crippen molar-refractivity contribution in [3.8, 4) is 10.4 Å². The van der Waals surface area contributed by atoms with Gasteiger partial charge in [0.05, 0.1) is 6.54 Å². The number of carboxylic acid groups (broad SMARTS) is 1. The first-order chi connectivity index (χ1) is 8.16. The highest BCUT2D eigenvalue weighted by Crippen LogP contribution is 2.29. The summed E-state index contributed by atoms with van der Waals surface area (Å²) >= 11 is 1.58. The Morgan fingerprint density at radius 2 is 2.29 bits per heavy atom. The predicted molar refractivity (Wildman–Crippen MR) is 67.2 cm³/mol. The Balaban J connectivity index is 2.18. The fourth-order valence-corrected chi connectivity index (χ4v) is 2.52. The second-order valence-electron chi connectivity index (χ2n) is 3.62. The topological polar surface area (TPSA) is 62.2 Å². The van der Waals surface area contributed by atoms with Crippen LogP contribution in [0.25, 0.3) is 10.4 Å². The van der Waals surface area contributed by atoms with Gasteiger partial charge in [-0.3, -0.25) is 4.98 Å². The molecular formula is C12H12N2O2S. The quantitative estimate of drug-likeness (QED) is 0.878. The van der Waals surface area contributed by atoms with Crippen LogP contribution in [0.3, 0.4) is 0 Å². The van der Waals surface area contributed by atoms with E-state index in [0.717, 1.165) is 15.3 Å². The average Bonchev–Trinajstić information content (AvgIpc) is 2.75. The molecule has 0 fully saturated rings. The lowest BCUT2D eigenvalue weighted by Crippen LogP contribution is -2.19. The molecule has 0 aliphatic carbocycles. The van der Waals surface area contributed by atoms with Gasteiger partial charge in [0.25, 0.3) is 0 Å². The van der Waals surface area contributed by atoms with Crippen molar-refractivity contribution in [1.29, 1.82) is 0 Å². The van der Waals surface area contributed by atoms with E-state index in [1.54, 1.807) is 17.5 Å². The Hall–Kier alpha value is -1.88. The monoisotopic (exact) mass is 248 g/mol. The second-order valence-corrected chi connectivity index (χ2v) is 4.78. The fraction of sp³-hybridized carbons (Fsp3) is 0.167. The summed E-state index contributed by atoms with van der Waals surface area (Å²) in [5, 5.41) is 10.9. The van der Waals surface area contributed by atoms with Crippen molar-refractivity contribution in [1.82, 2.24) is 10.3 Å². The van der Waals surface area contributed by atoms with Crippen LogP contribution in [0.2, 0.25) is 0 Å². The lowest BCUT2D eigenvalue weighted by molar-refractivity contribution is 0.194. The molecule has 4 nitrogen and oxygen atoms in total. The Labute approximate surface area is 103 Å². The zero-order valence-electron chi connectivity index (χ0n) is 9.30. The number of amides is 1. The summed E-state index contributed by atoms with van der Waals surface area (Å²) in [6.07, 6.45) is 2.59. The van der Waals surface area contributed by atoms with Crippen LogP contribution in [-0.4, -0.2) is 16.2 Å². The van der Waals surface area contributed by atoms with Crippen LogP contribution in [0, 0.1) is 6.92 Å². The smallest absolute Gasteiger partial charge is 0.404 e. The number of rotatable bonds is 3. The molecule has 5 heteroatoms. The van der Waals surface area contributed by atoms with Crippen molar-refractivity contribution in [2.45, 2.75) is 13.5 Å². The molecule has 0 unspecified atom stereocenters. The highest BCUT2D eigenvalue weighted by molar-refractivity contribution is 7.15.